The van der Waals surface area contributed by atoms with Gasteiger partial charge in [-0.1, -0.05) is 50.1 Å². The molecular weight excluding hydrogens is 302 g/mol. The van der Waals surface area contributed by atoms with E-state index in [0.29, 0.717) is 17.5 Å². The lowest BCUT2D eigenvalue weighted by Crippen LogP contribution is -2.43. The topological polar surface area (TPSA) is 64.1 Å². The zero-order valence-corrected chi connectivity index (χ0v) is 13.9. The van der Waals surface area contributed by atoms with Crippen molar-refractivity contribution < 1.29 is 9.53 Å². The average Bonchev–Trinajstić information content (AvgIpc) is 2.63. The van der Waals surface area contributed by atoms with Crippen LogP contribution in [0.2, 0.25) is 0 Å². The molecule has 1 heterocycles. The molecule has 0 unspecified atom stereocenters. The number of nitrogens with one attached hydrogen (secondary N) is 1. The van der Waals surface area contributed by atoms with Crippen LogP contribution in [0.3, 0.4) is 0 Å². The monoisotopic (exact) mass is 325 g/mol. The molecule has 1 saturated carbocycles. The van der Waals surface area contributed by atoms with E-state index < -0.39 is 0 Å². The number of nitrogens with zero attached hydrogens (tertiary/aromatic N) is 2. The third kappa shape index (κ3) is 4.31. The Morgan fingerprint density at radius 1 is 1.17 bits per heavy atom. The van der Waals surface area contributed by atoms with Gasteiger partial charge in [0.2, 0.25) is 0 Å². The van der Waals surface area contributed by atoms with Gasteiger partial charge in [0.15, 0.2) is 18.2 Å². The van der Waals surface area contributed by atoms with Crippen molar-refractivity contribution >= 4 is 5.91 Å². The Morgan fingerprint density at radius 2 is 1.88 bits per heavy atom. The molecular formula is C19H23N3O2. The van der Waals surface area contributed by atoms with Gasteiger partial charge in [-0.15, -0.1) is 0 Å². The van der Waals surface area contributed by atoms with Crippen molar-refractivity contribution in [2.45, 2.75) is 38.6 Å². The number of ether oxygens (including phenoxy) is 1. The second-order valence-electron chi connectivity index (χ2n) is 6.33. The van der Waals surface area contributed by atoms with Gasteiger partial charge in [0, 0.05) is 11.6 Å². The maximum atomic E-state index is 12.0. The molecule has 1 amide bonds. The highest BCUT2D eigenvalue weighted by Crippen LogP contribution is 2.23. The lowest BCUT2D eigenvalue weighted by atomic mass is 9.86. The quantitative estimate of drug-likeness (QED) is 0.917. The molecule has 1 aromatic heterocycles. The minimum Gasteiger partial charge on any atom is -0.481 e. The molecule has 1 aliphatic rings. The van der Waals surface area contributed by atoms with Gasteiger partial charge in [-0.2, -0.15) is 0 Å². The number of benzene rings is 1. The maximum Gasteiger partial charge on any atom is 0.258 e. The fourth-order valence-electron chi connectivity index (χ4n) is 3.06. The van der Waals surface area contributed by atoms with Gasteiger partial charge in [0.1, 0.15) is 0 Å². The van der Waals surface area contributed by atoms with Crippen molar-refractivity contribution in [3.63, 3.8) is 0 Å². The SMILES string of the molecule is C[C@H]1CCCC[C@H]1NC(=O)COc1cnc(-c2ccccc2)nc1. The molecule has 3 rings (SSSR count). The summed E-state index contributed by atoms with van der Waals surface area (Å²) < 4.78 is 5.50. The molecule has 5 heteroatoms. The van der Waals surface area contributed by atoms with Gasteiger partial charge in [0.25, 0.3) is 5.91 Å². The second-order valence-corrected chi connectivity index (χ2v) is 6.33. The Hall–Kier alpha value is -2.43. The highest BCUT2D eigenvalue weighted by Gasteiger charge is 2.22. The maximum absolute atomic E-state index is 12.0. The summed E-state index contributed by atoms with van der Waals surface area (Å²) in [6, 6.07) is 10.0. The molecule has 24 heavy (non-hydrogen) atoms. The molecule has 126 valence electrons. The van der Waals surface area contributed by atoms with Gasteiger partial charge >= 0.3 is 0 Å². The highest BCUT2D eigenvalue weighted by molar-refractivity contribution is 5.77. The Bertz CT molecular complexity index is 658. The molecule has 0 spiro atoms. The lowest BCUT2D eigenvalue weighted by Gasteiger charge is -2.29. The van der Waals surface area contributed by atoms with Gasteiger partial charge in [0.05, 0.1) is 12.4 Å². The Kier molecular flexibility index (Phi) is 5.41. The zero-order valence-electron chi connectivity index (χ0n) is 13.9. The van der Waals surface area contributed by atoms with E-state index in [2.05, 4.69) is 22.2 Å². The molecule has 2 aromatic rings. The molecule has 5 nitrogen and oxygen atoms in total. The molecule has 0 aliphatic heterocycles. The van der Waals surface area contributed by atoms with E-state index in [0.717, 1.165) is 12.0 Å². The summed E-state index contributed by atoms with van der Waals surface area (Å²) in [5.41, 5.74) is 0.952. The lowest BCUT2D eigenvalue weighted by molar-refractivity contribution is -0.124. The first kappa shape index (κ1) is 16.4. The molecule has 1 fully saturated rings. The standard InChI is InChI=1S/C19H23N3O2/c1-14-7-5-6-10-17(14)22-18(23)13-24-16-11-20-19(21-12-16)15-8-3-2-4-9-15/h2-4,8-9,11-12,14,17H,5-7,10,13H2,1H3,(H,22,23)/t14-,17+/m0/s1. The number of carbonyl (C=O) groups is 1. The van der Waals surface area contributed by atoms with E-state index in [1.807, 2.05) is 30.3 Å². The number of carbonyl (C=O) groups excluding carboxylic acids is 1. The summed E-state index contributed by atoms with van der Waals surface area (Å²) >= 11 is 0. The van der Waals surface area contributed by atoms with Crippen LogP contribution in [-0.2, 0) is 4.79 Å². The van der Waals surface area contributed by atoms with E-state index in [4.69, 9.17) is 4.74 Å². The molecule has 2 atom stereocenters. The van der Waals surface area contributed by atoms with Gasteiger partial charge in [-0.05, 0) is 18.8 Å². The van der Waals surface area contributed by atoms with Crippen LogP contribution < -0.4 is 10.1 Å². The fourth-order valence-corrected chi connectivity index (χ4v) is 3.06. The predicted molar refractivity (Wildman–Crippen MR) is 92.5 cm³/mol. The van der Waals surface area contributed by atoms with E-state index >= 15 is 0 Å². The summed E-state index contributed by atoms with van der Waals surface area (Å²) in [4.78, 5) is 20.6. The molecule has 0 bridgehead atoms. The third-order valence-corrected chi connectivity index (χ3v) is 4.49. The number of aromatic nitrogens is 2. The molecule has 1 N–H and O–H groups in total. The Balaban J connectivity index is 1.50. The minimum absolute atomic E-state index is 0.00271. The normalized spacial score (nSPS) is 20.4. The van der Waals surface area contributed by atoms with Gasteiger partial charge < -0.3 is 10.1 Å². The van der Waals surface area contributed by atoms with Crippen LogP contribution in [0.5, 0.6) is 5.75 Å². The number of amides is 1. The zero-order chi connectivity index (χ0) is 16.8. The predicted octanol–water partition coefficient (Wildman–Crippen LogP) is 3.22. The summed E-state index contributed by atoms with van der Waals surface area (Å²) in [6.45, 7) is 2.19. The van der Waals surface area contributed by atoms with E-state index in [1.165, 1.54) is 19.3 Å². The van der Waals surface area contributed by atoms with E-state index in [1.54, 1.807) is 12.4 Å². The molecule has 0 radical (unpaired) electrons. The molecule has 1 aromatic carbocycles. The van der Waals surface area contributed by atoms with Crippen molar-refractivity contribution in [3.8, 4) is 17.1 Å². The van der Waals surface area contributed by atoms with Gasteiger partial charge in [-0.25, -0.2) is 9.97 Å². The van der Waals surface area contributed by atoms with Crippen LogP contribution in [0.15, 0.2) is 42.7 Å². The van der Waals surface area contributed by atoms with Crippen LogP contribution in [-0.4, -0.2) is 28.5 Å². The van der Waals surface area contributed by atoms with Crippen LogP contribution in [0.4, 0.5) is 0 Å². The first-order valence-electron chi connectivity index (χ1n) is 8.52. The largest absolute Gasteiger partial charge is 0.481 e. The number of hydrogen-bond donors (Lipinski definition) is 1. The third-order valence-electron chi connectivity index (χ3n) is 4.49. The average molecular weight is 325 g/mol. The smallest absolute Gasteiger partial charge is 0.258 e. The van der Waals surface area contributed by atoms with Crippen LogP contribution in [0.1, 0.15) is 32.6 Å². The second kappa shape index (κ2) is 7.90. The first-order valence-corrected chi connectivity index (χ1v) is 8.52. The Morgan fingerprint density at radius 3 is 2.58 bits per heavy atom. The van der Waals surface area contributed by atoms with E-state index in [9.17, 15) is 4.79 Å². The minimum atomic E-state index is -0.0825. The van der Waals surface area contributed by atoms with Crippen molar-refractivity contribution in [1.29, 1.82) is 0 Å². The van der Waals surface area contributed by atoms with Crippen molar-refractivity contribution in [2.75, 3.05) is 6.61 Å². The van der Waals surface area contributed by atoms with Crippen LogP contribution >= 0.6 is 0 Å². The molecule has 0 saturated heterocycles. The van der Waals surface area contributed by atoms with Crippen molar-refractivity contribution in [2.24, 2.45) is 5.92 Å². The summed E-state index contributed by atoms with van der Waals surface area (Å²) in [5, 5.41) is 3.07. The number of hydrogen-bond acceptors (Lipinski definition) is 4. The molecule has 1 aliphatic carbocycles. The Labute approximate surface area is 142 Å². The summed E-state index contributed by atoms with van der Waals surface area (Å²) in [6.07, 6.45) is 7.89. The first-order chi connectivity index (χ1) is 11.7. The summed E-state index contributed by atoms with van der Waals surface area (Å²) in [7, 11) is 0. The fraction of sp³-hybridized carbons (Fsp3) is 0.421. The van der Waals surface area contributed by atoms with Gasteiger partial charge in [-0.3, -0.25) is 4.79 Å². The van der Waals surface area contributed by atoms with Crippen LogP contribution in [0.25, 0.3) is 11.4 Å². The van der Waals surface area contributed by atoms with Crippen molar-refractivity contribution in [1.82, 2.24) is 15.3 Å². The van der Waals surface area contributed by atoms with E-state index in [-0.39, 0.29) is 18.6 Å². The van der Waals surface area contributed by atoms with Crippen LogP contribution in [0, 0.1) is 5.92 Å². The number of rotatable bonds is 5. The highest BCUT2D eigenvalue weighted by atomic mass is 16.5. The summed E-state index contributed by atoms with van der Waals surface area (Å²) in [5.74, 6) is 1.60. The van der Waals surface area contributed by atoms with Crippen molar-refractivity contribution in [3.05, 3.63) is 42.7 Å².